The molecule has 0 aliphatic carbocycles. The fourth-order valence-corrected chi connectivity index (χ4v) is 4.09. The Kier molecular flexibility index (Phi) is 7.56. The first-order valence-electron chi connectivity index (χ1n) is 11.1. The Hall–Kier alpha value is -2.49. The molecule has 0 unspecified atom stereocenters. The molecule has 0 aromatic carbocycles. The third-order valence-corrected chi connectivity index (χ3v) is 5.63. The number of hydrogen-bond donors (Lipinski definition) is 2. The summed E-state index contributed by atoms with van der Waals surface area (Å²) in [6.07, 6.45) is 16.0. The van der Waals surface area contributed by atoms with Crippen LogP contribution < -0.4 is 0 Å². The molecule has 0 saturated heterocycles. The lowest BCUT2D eigenvalue weighted by Crippen LogP contribution is -1.95. The van der Waals surface area contributed by atoms with Gasteiger partial charge >= 0.3 is 0 Å². The van der Waals surface area contributed by atoms with E-state index in [9.17, 15) is 0 Å². The van der Waals surface area contributed by atoms with E-state index < -0.39 is 0 Å². The van der Waals surface area contributed by atoms with Gasteiger partial charge < -0.3 is 14.7 Å². The number of H-pyrrole nitrogens is 2. The van der Waals surface area contributed by atoms with Crippen LogP contribution in [0.15, 0.2) is 40.9 Å². The fraction of sp³-hybridized carbons (Fsp3) is 0.480. The third kappa shape index (κ3) is 5.11. The van der Waals surface area contributed by atoms with E-state index in [1.165, 1.54) is 54.6 Å². The maximum atomic E-state index is 5.61. The number of aromatic nitrogens is 2. The molecule has 4 nitrogen and oxygen atoms in total. The van der Waals surface area contributed by atoms with Gasteiger partial charge in [0.25, 0.3) is 0 Å². The van der Waals surface area contributed by atoms with Crippen molar-refractivity contribution in [3.8, 4) is 0 Å². The first kappa shape index (κ1) is 21.2. The zero-order valence-corrected chi connectivity index (χ0v) is 18.4. The lowest BCUT2D eigenvalue weighted by molar-refractivity contribution is 0.303. The number of nitrogens with zero attached hydrogens (tertiary/aromatic N) is 1. The Bertz CT molecular complexity index is 882. The number of hydrogen-bond acceptors (Lipinski definition) is 2. The number of unbranched alkanes of at least 4 members (excludes halogenated alkanes) is 4. The molecule has 0 bridgehead atoms. The number of aryl methyl sites for hydroxylation is 1. The van der Waals surface area contributed by atoms with Crippen LogP contribution in [0.5, 0.6) is 0 Å². The highest BCUT2D eigenvalue weighted by Crippen LogP contribution is 2.29. The standard InChI is InChI=1S/C25H35N3O/c1-5-7-8-9-10-13-19-18(3)27-22(20(19)12-6-2)16-24-25(29-4)17-23(28-24)21-14-11-15-26-21/h11,14-17,26-27H,5-10,12-13H2,1-4H3. The maximum absolute atomic E-state index is 5.61. The molecule has 3 heterocycles. The Morgan fingerprint density at radius 3 is 2.55 bits per heavy atom. The van der Waals surface area contributed by atoms with Crippen molar-refractivity contribution in [3.05, 3.63) is 64.1 Å². The molecule has 3 rings (SSSR count). The smallest absolute Gasteiger partial charge is 0.146 e. The number of aliphatic imine (C=N–C) groups is 1. The first-order valence-corrected chi connectivity index (χ1v) is 11.1. The third-order valence-electron chi connectivity index (χ3n) is 5.63. The van der Waals surface area contributed by atoms with Gasteiger partial charge in [-0.2, -0.15) is 0 Å². The number of nitrogens with one attached hydrogen (secondary N) is 2. The van der Waals surface area contributed by atoms with E-state index in [4.69, 9.17) is 9.73 Å². The van der Waals surface area contributed by atoms with E-state index in [2.05, 4.69) is 36.8 Å². The minimum Gasteiger partial charge on any atom is -0.494 e. The van der Waals surface area contributed by atoms with Gasteiger partial charge in [0, 0.05) is 23.7 Å². The topological polar surface area (TPSA) is 53.2 Å². The second-order valence-corrected chi connectivity index (χ2v) is 7.86. The van der Waals surface area contributed by atoms with Gasteiger partial charge in [0.05, 0.1) is 18.5 Å². The Morgan fingerprint density at radius 1 is 1.03 bits per heavy atom. The van der Waals surface area contributed by atoms with Crippen molar-refractivity contribution in [1.82, 2.24) is 9.97 Å². The van der Waals surface area contributed by atoms with Gasteiger partial charge in [-0.15, -0.1) is 0 Å². The summed E-state index contributed by atoms with van der Waals surface area (Å²) in [5.41, 5.74) is 8.23. The van der Waals surface area contributed by atoms with Crippen molar-refractivity contribution >= 4 is 11.8 Å². The van der Waals surface area contributed by atoms with Crippen LogP contribution in [0.25, 0.3) is 6.08 Å². The van der Waals surface area contributed by atoms with E-state index >= 15 is 0 Å². The molecular weight excluding hydrogens is 358 g/mol. The first-order chi connectivity index (χ1) is 14.2. The molecule has 0 radical (unpaired) electrons. The van der Waals surface area contributed by atoms with Gasteiger partial charge in [-0.05, 0) is 55.5 Å². The minimum absolute atomic E-state index is 0.811. The number of rotatable bonds is 11. The monoisotopic (exact) mass is 393 g/mol. The van der Waals surface area contributed by atoms with Crippen LogP contribution in [-0.2, 0) is 17.6 Å². The summed E-state index contributed by atoms with van der Waals surface area (Å²) < 4.78 is 5.61. The Morgan fingerprint density at radius 2 is 1.86 bits per heavy atom. The summed E-state index contributed by atoms with van der Waals surface area (Å²) in [5.74, 6) is 0.811. The normalized spacial score (nSPS) is 15.1. The molecule has 0 amide bonds. The zero-order valence-electron chi connectivity index (χ0n) is 18.4. The highest BCUT2D eigenvalue weighted by molar-refractivity contribution is 6.11. The van der Waals surface area contributed by atoms with Crippen molar-refractivity contribution < 1.29 is 4.74 Å². The fourth-order valence-electron chi connectivity index (χ4n) is 4.09. The molecular formula is C25H35N3O. The average molecular weight is 394 g/mol. The predicted molar refractivity (Wildman–Crippen MR) is 122 cm³/mol. The molecule has 29 heavy (non-hydrogen) atoms. The second kappa shape index (κ2) is 10.3. The van der Waals surface area contributed by atoms with Gasteiger partial charge in [0.15, 0.2) is 0 Å². The molecule has 1 aliphatic rings. The van der Waals surface area contributed by atoms with Gasteiger partial charge in [-0.1, -0.05) is 46.0 Å². The van der Waals surface area contributed by atoms with E-state index in [0.717, 1.165) is 42.1 Å². The van der Waals surface area contributed by atoms with Crippen LogP contribution in [0, 0.1) is 6.92 Å². The number of methoxy groups -OCH3 is 1. The Labute approximate surface area is 175 Å². The molecule has 0 atom stereocenters. The molecule has 0 saturated carbocycles. The summed E-state index contributed by atoms with van der Waals surface area (Å²) in [4.78, 5) is 11.7. The highest BCUT2D eigenvalue weighted by atomic mass is 16.5. The average Bonchev–Trinajstić information content (AvgIpc) is 3.43. The van der Waals surface area contributed by atoms with Crippen molar-refractivity contribution in [2.24, 2.45) is 4.99 Å². The second-order valence-electron chi connectivity index (χ2n) is 7.86. The van der Waals surface area contributed by atoms with Crippen molar-refractivity contribution in [2.75, 3.05) is 7.11 Å². The quantitative estimate of drug-likeness (QED) is 0.421. The van der Waals surface area contributed by atoms with Crippen molar-refractivity contribution in [3.63, 3.8) is 0 Å². The van der Waals surface area contributed by atoms with Crippen LogP contribution in [0.3, 0.4) is 0 Å². The van der Waals surface area contributed by atoms with E-state index in [1.807, 2.05) is 24.4 Å². The molecule has 2 aromatic rings. The summed E-state index contributed by atoms with van der Waals surface area (Å²) in [6, 6.07) is 4.02. The van der Waals surface area contributed by atoms with Crippen LogP contribution in [0.4, 0.5) is 0 Å². The van der Waals surface area contributed by atoms with Gasteiger partial charge in [0.2, 0.25) is 0 Å². The summed E-state index contributed by atoms with van der Waals surface area (Å²) >= 11 is 0. The molecule has 1 aliphatic heterocycles. The van der Waals surface area contributed by atoms with Crippen LogP contribution in [-0.4, -0.2) is 22.8 Å². The molecule has 4 heteroatoms. The molecule has 156 valence electrons. The highest BCUT2D eigenvalue weighted by Gasteiger charge is 2.19. The lowest BCUT2D eigenvalue weighted by atomic mass is 9.98. The van der Waals surface area contributed by atoms with Crippen LogP contribution >= 0.6 is 0 Å². The van der Waals surface area contributed by atoms with Crippen molar-refractivity contribution in [1.29, 1.82) is 0 Å². The van der Waals surface area contributed by atoms with Crippen LogP contribution in [0.1, 0.15) is 80.6 Å². The van der Waals surface area contributed by atoms with Gasteiger partial charge in [-0.3, -0.25) is 0 Å². The summed E-state index contributed by atoms with van der Waals surface area (Å²) in [6.45, 7) is 6.73. The summed E-state index contributed by atoms with van der Waals surface area (Å²) in [5, 5.41) is 0. The largest absolute Gasteiger partial charge is 0.494 e. The number of allylic oxidation sites excluding steroid dienone is 1. The van der Waals surface area contributed by atoms with Crippen LogP contribution in [0.2, 0.25) is 0 Å². The number of ether oxygens (including phenoxy) is 1. The number of aromatic amines is 2. The van der Waals surface area contributed by atoms with E-state index in [0.29, 0.717) is 0 Å². The molecule has 2 aromatic heterocycles. The van der Waals surface area contributed by atoms with Gasteiger partial charge in [-0.25, -0.2) is 4.99 Å². The molecule has 2 N–H and O–H groups in total. The lowest BCUT2D eigenvalue weighted by Gasteiger charge is -2.07. The van der Waals surface area contributed by atoms with Crippen molar-refractivity contribution in [2.45, 2.75) is 72.1 Å². The maximum Gasteiger partial charge on any atom is 0.146 e. The predicted octanol–water partition coefficient (Wildman–Crippen LogP) is 6.49. The SMILES string of the molecule is CCCCCCCc1c(C)[nH]c(C=C2N=C(c3ccc[nH]3)C=C2OC)c1CCC. The van der Waals surface area contributed by atoms with E-state index in [-0.39, 0.29) is 0 Å². The molecule has 0 spiro atoms. The Balaban J connectivity index is 1.86. The molecule has 0 fully saturated rings. The van der Waals surface area contributed by atoms with E-state index in [1.54, 1.807) is 7.11 Å². The minimum atomic E-state index is 0.811. The zero-order chi connectivity index (χ0) is 20.6. The van der Waals surface area contributed by atoms with Gasteiger partial charge in [0.1, 0.15) is 11.5 Å². The summed E-state index contributed by atoms with van der Waals surface area (Å²) in [7, 11) is 1.71.